The molecule has 3 rings (SSSR count). The highest BCUT2D eigenvalue weighted by atomic mass is 16.2. The molecule has 1 N–H and O–H groups in total. The van der Waals surface area contributed by atoms with E-state index in [0.717, 1.165) is 30.1 Å². The van der Waals surface area contributed by atoms with E-state index in [1.807, 2.05) is 0 Å². The molecule has 3 saturated carbocycles. The van der Waals surface area contributed by atoms with Crippen LogP contribution >= 0.6 is 0 Å². The number of nitrogens with zero attached hydrogens (tertiary/aromatic N) is 1. The summed E-state index contributed by atoms with van der Waals surface area (Å²) in [6, 6.07) is 2.10. The van der Waals surface area contributed by atoms with Gasteiger partial charge in [-0.15, -0.1) is 0 Å². The summed E-state index contributed by atoms with van der Waals surface area (Å²) in [4.78, 5) is 11.9. The number of carbonyl (C=O) groups is 1. The van der Waals surface area contributed by atoms with E-state index < -0.39 is 0 Å². The first-order valence-corrected chi connectivity index (χ1v) is 6.47. The second kappa shape index (κ2) is 3.76. The number of nitriles is 1. The lowest BCUT2D eigenvalue weighted by atomic mass is 10.0. The van der Waals surface area contributed by atoms with Crippen molar-refractivity contribution in [3.05, 3.63) is 0 Å². The van der Waals surface area contributed by atoms with Crippen LogP contribution < -0.4 is 5.32 Å². The normalized spacial score (nSPS) is 42.6. The third kappa shape index (κ3) is 1.43. The Morgan fingerprint density at radius 3 is 2.62 bits per heavy atom. The third-order valence-electron chi connectivity index (χ3n) is 4.80. The zero-order chi connectivity index (χ0) is 11.1. The summed E-state index contributed by atoms with van der Waals surface area (Å²) in [7, 11) is 0. The van der Waals surface area contributed by atoms with Crippen molar-refractivity contribution in [3.8, 4) is 6.07 Å². The topological polar surface area (TPSA) is 52.9 Å². The second-order valence-electron chi connectivity index (χ2n) is 5.57. The molecule has 0 spiro atoms. The third-order valence-corrected chi connectivity index (χ3v) is 4.80. The van der Waals surface area contributed by atoms with E-state index in [1.54, 1.807) is 0 Å². The van der Waals surface area contributed by atoms with E-state index in [-0.39, 0.29) is 5.91 Å². The van der Waals surface area contributed by atoms with Gasteiger partial charge >= 0.3 is 0 Å². The summed E-state index contributed by atoms with van der Waals surface area (Å²) in [5.74, 6) is 3.80. The minimum Gasteiger partial charge on any atom is -0.356 e. The van der Waals surface area contributed by atoms with Crippen molar-refractivity contribution in [2.75, 3.05) is 6.54 Å². The summed E-state index contributed by atoms with van der Waals surface area (Å²) in [6.45, 7) is 0.678. The molecule has 4 unspecified atom stereocenters. The average Bonchev–Trinajstić information content (AvgIpc) is 2.74. The SMILES string of the molecule is N#CCCCNC(=O)C1C2C3CCC(C3)C12. The van der Waals surface area contributed by atoms with Crippen LogP contribution in [0.2, 0.25) is 0 Å². The van der Waals surface area contributed by atoms with Gasteiger partial charge in [0.05, 0.1) is 6.07 Å². The van der Waals surface area contributed by atoms with Crippen LogP contribution in [0.3, 0.4) is 0 Å². The van der Waals surface area contributed by atoms with Crippen molar-refractivity contribution in [1.29, 1.82) is 5.26 Å². The number of unbranched alkanes of at least 4 members (excludes halogenated alkanes) is 1. The zero-order valence-corrected chi connectivity index (χ0v) is 9.48. The summed E-state index contributed by atoms with van der Waals surface area (Å²) in [6.07, 6.45) is 5.46. The molecule has 4 atom stereocenters. The van der Waals surface area contributed by atoms with Crippen molar-refractivity contribution in [3.63, 3.8) is 0 Å². The Kier molecular flexibility index (Phi) is 2.38. The fourth-order valence-corrected chi connectivity index (χ4v) is 4.17. The van der Waals surface area contributed by atoms with Crippen LogP contribution in [-0.4, -0.2) is 12.5 Å². The molecule has 3 fully saturated rings. The Bertz CT molecular complexity index is 330. The van der Waals surface area contributed by atoms with E-state index in [9.17, 15) is 4.79 Å². The van der Waals surface area contributed by atoms with Gasteiger partial charge in [0.1, 0.15) is 0 Å². The number of rotatable bonds is 4. The molecule has 86 valence electrons. The highest BCUT2D eigenvalue weighted by Crippen LogP contribution is 2.69. The first-order chi connectivity index (χ1) is 7.83. The number of hydrogen-bond acceptors (Lipinski definition) is 2. The maximum absolute atomic E-state index is 11.9. The Labute approximate surface area is 96.2 Å². The van der Waals surface area contributed by atoms with Crippen LogP contribution in [0.25, 0.3) is 0 Å². The van der Waals surface area contributed by atoms with Gasteiger partial charge in [0, 0.05) is 18.9 Å². The van der Waals surface area contributed by atoms with E-state index in [2.05, 4.69) is 11.4 Å². The predicted octanol–water partition coefficient (Wildman–Crippen LogP) is 1.70. The highest BCUT2D eigenvalue weighted by molar-refractivity contribution is 5.82. The molecule has 0 aromatic heterocycles. The average molecular weight is 218 g/mol. The smallest absolute Gasteiger partial charge is 0.223 e. The Hall–Kier alpha value is -1.04. The summed E-state index contributed by atoms with van der Waals surface area (Å²) in [5.41, 5.74) is 0. The maximum Gasteiger partial charge on any atom is 0.223 e. The largest absolute Gasteiger partial charge is 0.356 e. The van der Waals surface area contributed by atoms with Crippen molar-refractivity contribution >= 4 is 5.91 Å². The Morgan fingerprint density at radius 1 is 1.31 bits per heavy atom. The Morgan fingerprint density at radius 2 is 2.00 bits per heavy atom. The fraction of sp³-hybridized carbons (Fsp3) is 0.846. The quantitative estimate of drug-likeness (QED) is 0.730. The van der Waals surface area contributed by atoms with Crippen LogP contribution in [-0.2, 0) is 4.79 Å². The van der Waals surface area contributed by atoms with E-state index in [1.165, 1.54) is 19.3 Å². The molecule has 0 aliphatic heterocycles. The van der Waals surface area contributed by atoms with Crippen LogP contribution in [0.1, 0.15) is 32.1 Å². The van der Waals surface area contributed by atoms with Gasteiger partial charge in [-0.25, -0.2) is 0 Å². The van der Waals surface area contributed by atoms with Gasteiger partial charge in [0.15, 0.2) is 0 Å². The van der Waals surface area contributed by atoms with Crippen LogP contribution in [0.15, 0.2) is 0 Å². The molecule has 0 radical (unpaired) electrons. The molecule has 2 bridgehead atoms. The Balaban J connectivity index is 1.46. The van der Waals surface area contributed by atoms with Crippen molar-refractivity contribution in [2.24, 2.45) is 29.6 Å². The number of hydrogen-bond donors (Lipinski definition) is 1. The maximum atomic E-state index is 11.9. The van der Waals surface area contributed by atoms with Gasteiger partial charge in [-0.1, -0.05) is 0 Å². The molecule has 0 aromatic carbocycles. The van der Waals surface area contributed by atoms with Crippen molar-refractivity contribution in [2.45, 2.75) is 32.1 Å². The van der Waals surface area contributed by atoms with Gasteiger partial charge in [0.25, 0.3) is 0 Å². The number of carbonyl (C=O) groups excluding carboxylic acids is 1. The van der Waals surface area contributed by atoms with Crippen LogP contribution in [0.5, 0.6) is 0 Å². The summed E-state index contributed by atoms with van der Waals surface area (Å²) >= 11 is 0. The molecule has 3 aliphatic rings. The molecule has 0 heterocycles. The van der Waals surface area contributed by atoms with Crippen molar-refractivity contribution < 1.29 is 4.79 Å². The van der Waals surface area contributed by atoms with Gasteiger partial charge < -0.3 is 5.32 Å². The highest BCUT2D eigenvalue weighted by Gasteiger charge is 2.67. The minimum absolute atomic E-state index is 0.268. The summed E-state index contributed by atoms with van der Waals surface area (Å²) in [5, 5.41) is 11.4. The predicted molar refractivity (Wildman–Crippen MR) is 59.2 cm³/mol. The molecule has 3 aliphatic carbocycles. The second-order valence-corrected chi connectivity index (χ2v) is 5.57. The van der Waals surface area contributed by atoms with Crippen LogP contribution in [0, 0.1) is 40.9 Å². The lowest BCUT2D eigenvalue weighted by Gasteiger charge is -2.08. The first kappa shape index (κ1) is 10.1. The summed E-state index contributed by atoms with van der Waals surface area (Å²) < 4.78 is 0. The minimum atomic E-state index is 0.268. The molecule has 3 heteroatoms. The number of nitrogens with one attached hydrogen (secondary N) is 1. The zero-order valence-electron chi connectivity index (χ0n) is 9.48. The van der Waals surface area contributed by atoms with Gasteiger partial charge in [-0.05, 0) is 49.4 Å². The van der Waals surface area contributed by atoms with Gasteiger partial charge in [-0.2, -0.15) is 5.26 Å². The van der Waals surface area contributed by atoms with E-state index in [0.29, 0.717) is 18.9 Å². The van der Waals surface area contributed by atoms with Gasteiger partial charge in [-0.3, -0.25) is 4.79 Å². The van der Waals surface area contributed by atoms with Crippen molar-refractivity contribution in [1.82, 2.24) is 5.32 Å². The van der Waals surface area contributed by atoms with Crippen LogP contribution in [0.4, 0.5) is 0 Å². The molecule has 3 nitrogen and oxygen atoms in total. The molecule has 0 aromatic rings. The lowest BCUT2D eigenvalue weighted by Crippen LogP contribution is -2.28. The number of fused-ring (bicyclic) bond motifs is 5. The fourth-order valence-electron chi connectivity index (χ4n) is 4.17. The molecular weight excluding hydrogens is 200 g/mol. The lowest BCUT2D eigenvalue weighted by molar-refractivity contribution is -0.123. The molecule has 16 heavy (non-hydrogen) atoms. The molecule has 1 amide bonds. The van der Waals surface area contributed by atoms with E-state index in [4.69, 9.17) is 5.26 Å². The van der Waals surface area contributed by atoms with E-state index >= 15 is 0 Å². The molecule has 0 saturated heterocycles. The first-order valence-electron chi connectivity index (χ1n) is 6.47. The molecular formula is C13H18N2O. The standard InChI is InChI=1S/C13H18N2O/c14-5-1-2-6-15-13(16)12-10-8-3-4-9(7-8)11(10)12/h8-12H,1-4,6-7H2,(H,15,16). The van der Waals surface area contributed by atoms with Gasteiger partial charge in [0.2, 0.25) is 5.91 Å². The number of amides is 1. The monoisotopic (exact) mass is 218 g/mol.